The Kier molecular flexibility index (Phi) is 16.4. The van der Waals surface area contributed by atoms with E-state index in [0.717, 1.165) is 0 Å². The van der Waals surface area contributed by atoms with E-state index >= 15 is 0 Å². The molecule has 0 spiro atoms. The maximum absolute atomic E-state index is 3.03. The van der Waals surface area contributed by atoms with Crippen molar-refractivity contribution in [1.82, 2.24) is 0 Å². The van der Waals surface area contributed by atoms with Crippen LogP contribution in [0.15, 0.2) is 115 Å². The van der Waals surface area contributed by atoms with Crippen molar-refractivity contribution >= 4 is 0 Å². The smallest absolute Gasteiger partial charge is 0.214 e. The Morgan fingerprint density at radius 3 is 1.24 bits per heavy atom. The summed E-state index contributed by atoms with van der Waals surface area (Å²) >= 11 is 0. The predicted molar refractivity (Wildman–Crippen MR) is 103 cm³/mol. The molecule has 0 saturated carbocycles. The first-order chi connectivity index (χ1) is 11.9. The molecule has 0 N–H and O–H groups in total. The summed E-state index contributed by atoms with van der Waals surface area (Å²) < 4.78 is 0. The van der Waals surface area contributed by atoms with Crippen LogP contribution in [-0.4, -0.2) is 0 Å². The van der Waals surface area contributed by atoms with Crippen LogP contribution in [0, 0.1) is 25.1 Å². The van der Waals surface area contributed by atoms with Gasteiger partial charge in [0.15, 0.2) is 0 Å². The number of hydrogen-bond donors (Lipinski definition) is 0. The zero-order valence-corrected chi connectivity index (χ0v) is 16.0. The molecular formula is C24H22Ti. The van der Waals surface area contributed by atoms with E-state index in [1.54, 1.807) is 0 Å². The third-order valence-electron chi connectivity index (χ3n) is 2.63. The summed E-state index contributed by atoms with van der Waals surface area (Å²) in [5.41, 5.74) is 1.20. The van der Waals surface area contributed by atoms with Crippen LogP contribution in [0.2, 0.25) is 0 Å². The molecule has 4 aromatic carbocycles. The van der Waals surface area contributed by atoms with Crippen molar-refractivity contribution in [2.24, 2.45) is 0 Å². The van der Waals surface area contributed by atoms with Gasteiger partial charge in [0.1, 0.15) is 0 Å². The summed E-state index contributed by atoms with van der Waals surface area (Å²) in [5, 5.41) is 0. The van der Waals surface area contributed by atoms with Gasteiger partial charge in [-0.15, -0.1) is 0 Å². The molecule has 25 heavy (non-hydrogen) atoms. The molecule has 0 unspecified atom stereocenters. The first kappa shape index (κ1) is 22.7. The molecule has 122 valence electrons. The molecule has 0 amide bonds. The summed E-state index contributed by atoms with van der Waals surface area (Å²) in [6.45, 7) is 2.03. The molecule has 0 nitrogen and oxygen atoms in total. The van der Waals surface area contributed by atoms with Crippen LogP contribution in [0.5, 0.6) is 0 Å². The summed E-state index contributed by atoms with van der Waals surface area (Å²) in [6.07, 6.45) is 0. The molecule has 0 heterocycles. The van der Waals surface area contributed by atoms with Gasteiger partial charge in [-0.1, -0.05) is 6.92 Å². The van der Waals surface area contributed by atoms with Crippen molar-refractivity contribution < 1.29 is 21.7 Å². The summed E-state index contributed by atoms with van der Waals surface area (Å²) in [5.74, 6) is 0. The predicted octanol–water partition coefficient (Wildman–Crippen LogP) is 6.17. The third-order valence-corrected chi connectivity index (χ3v) is 2.63. The zero-order chi connectivity index (χ0) is 17.1. The van der Waals surface area contributed by atoms with Gasteiger partial charge in [0.2, 0.25) is 0 Å². The largest absolute Gasteiger partial charge is 4.00 e. The number of hydrogen-bond acceptors (Lipinski definition) is 0. The second-order valence-corrected chi connectivity index (χ2v) is 4.66. The Hall–Kier alpha value is -2.28. The fraction of sp³-hybridized carbons (Fsp3) is 0.0417. The number of rotatable bonds is 0. The van der Waals surface area contributed by atoms with Gasteiger partial charge in [0, 0.05) is 0 Å². The fourth-order valence-electron chi connectivity index (χ4n) is 1.49. The number of aryl methyl sites for hydroxylation is 1. The van der Waals surface area contributed by atoms with Gasteiger partial charge < -0.3 is 0 Å². The maximum Gasteiger partial charge on any atom is 4.00 e. The summed E-state index contributed by atoms with van der Waals surface area (Å²) in [4.78, 5) is 0. The van der Waals surface area contributed by atoms with E-state index in [9.17, 15) is 0 Å². The van der Waals surface area contributed by atoms with Gasteiger partial charge in [-0.05, 0) is 0 Å². The monoisotopic (exact) mass is 358 g/mol. The van der Waals surface area contributed by atoms with Crippen LogP contribution < -0.4 is 0 Å². The van der Waals surface area contributed by atoms with Gasteiger partial charge in [0.05, 0.1) is 0 Å². The van der Waals surface area contributed by atoms with E-state index in [1.165, 1.54) is 5.56 Å². The third kappa shape index (κ3) is 16.4. The first-order valence-electron chi connectivity index (χ1n) is 7.82. The SMILES string of the molecule is Cc1[c-]cccc1.[Ti+4].[c-]1ccccc1.[c-]1ccccc1.c1cc[cH-]c1. The first-order valence-corrected chi connectivity index (χ1v) is 7.82. The van der Waals surface area contributed by atoms with Gasteiger partial charge in [0.25, 0.3) is 0 Å². The number of benzene rings is 3. The second kappa shape index (κ2) is 18.1. The minimum atomic E-state index is 0. The molecule has 1 heteroatoms. The van der Waals surface area contributed by atoms with E-state index in [-0.39, 0.29) is 21.7 Å². The van der Waals surface area contributed by atoms with E-state index in [0.29, 0.717) is 0 Å². The van der Waals surface area contributed by atoms with Gasteiger partial charge >= 0.3 is 21.7 Å². The quantitative estimate of drug-likeness (QED) is 0.260. The molecule has 0 atom stereocenters. The van der Waals surface area contributed by atoms with Gasteiger partial charge in [-0.3, -0.25) is 0 Å². The second-order valence-electron chi connectivity index (χ2n) is 4.66. The standard InChI is InChI=1S/C7H7.2C6H5.C5H5.Ti/c1-7-5-3-2-4-6-7;2*1-2-4-6-5-3-1;1-2-4-5-3-1;/h2-5H,1H3;2*1-5H;1-5H;/q4*-1;+4. The molecule has 0 radical (unpaired) electrons. The van der Waals surface area contributed by atoms with Crippen LogP contribution in [0.4, 0.5) is 0 Å². The zero-order valence-electron chi connectivity index (χ0n) is 14.5. The minimum absolute atomic E-state index is 0. The molecule has 0 fully saturated rings. The van der Waals surface area contributed by atoms with E-state index < -0.39 is 0 Å². The van der Waals surface area contributed by atoms with Crippen LogP contribution in [-0.2, 0) is 21.7 Å². The Labute approximate surface area is 167 Å². The minimum Gasteiger partial charge on any atom is -0.214 e. The average molecular weight is 358 g/mol. The van der Waals surface area contributed by atoms with Crippen LogP contribution in [0.1, 0.15) is 5.56 Å². The average Bonchev–Trinajstić information content (AvgIpc) is 3.26. The van der Waals surface area contributed by atoms with Crippen LogP contribution in [0.3, 0.4) is 0 Å². The molecular weight excluding hydrogens is 336 g/mol. The Balaban J connectivity index is 0.000000305. The van der Waals surface area contributed by atoms with Crippen molar-refractivity contribution in [3.63, 3.8) is 0 Å². The molecule has 4 rings (SSSR count). The van der Waals surface area contributed by atoms with Crippen molar-refractivity contribution in [1.29, 1.82) is 0 Å². The Morgan fingerprint density at radius 1 is 0.600 bits per heavy atom. The van der Waals surface area contributed by atoms with Crippen molar-refractivity contribution in [3.8, 4) is 0 Å². The van der Waals surface area contributed by atoms with Crippen molar-refractivity contribution in [2.75, 3.05) is 0 Å². The summed E-state index contributed by atoms with van der Waals surface area (Å²) in [7, 11) is 0. The van der Waals surface area contributed by atoms with Crippen LogP contribution >= 0.6 is 0 Å². The Bertz CT molecular complexity index is 557. The molecule has 0 aliphatic heterocycles. The fourth-order valence-corrected chi connectivity index (χ4v) is 1.49. The Morgan fingerprint density at radius 2 is 1.08 bits per heavy atom. The van der Waals surface area contributed by atoms with Crippen molar-refractivity contribution in [2.45, 2.75) is 6.92 Å². The van der Waals surface area contributed by atoms with Gasteiger partial charge in [-0.2, -0.15) is 127 Å². The molecule has 0 aromatic heterocycles. The van der Waals surface area contributed by atoms with Gasteiger partial charge in [-0.25, -0.2) is 12.1 Å². The topological polar surface area (TPSA) is 0 Å². The van der Waals surface area contributed by atoms with E-state index in [1.807, 2.05) is 122 Å². The van der Waals surface area contributed by atoms with Crippen LogP contribution in [0.25, 0.3) is 0 Å². The molecule has 0 saturated heterocycles. The normalized spacial score (nSPS) is 7.88. The molecule has 0 bridgehead atoms. The molecule has 4 aromatic rings. The summed E-state index contributed by atoms with van der Waals surface area (Å²) in [6, 6.07) is 45.9. The van der Waals surface area contributed by atoms with E-state index in [2.05, 4.69) is 18.2 Å². The van der Waals surface area contributed by atoms with E-state index in [4.69, 9.17) is 0 Å². The molecule has 0 aliphatic carbocycles. The molecule has 0 aliphatic rings. The van der Waals surface area contributed by atoms with Crippen molar-refractivity contribution in [3.05, 3.63) is 139 Å². The maximum atomic E-state index is 3.03.